The van der Waals surface area contributed by atoms with E-state index in [0.29, 0.717) is 6.42 Å². The summed E-state index contributed by atoms with van der Waals surface area (Å²) in [4.78, 5) is 86.1. The lowest BCUT2D eigenvalue weighted by molar-refractivity contribution is -0.144. The van der Waals surface area contributed by atoms with Gasteiger partial charge in [-0.2, -0.15) is 0 Å². The molecule has 7 N–H and O–H groups in total. The largest absolute Gasteiger partial charge is 0.481 e. The highest BCUT2D eigenvalue weighted by atomic mass is 16.4. The zero-order chi connectivity index (χ0) is 38.1. The molecule has 0 aromatic rings. The standard InChI is InChI=1S/C36H64N4O10/c1-6-7-8-9-10-11-12-13-14-15-16-17-18-19-28(41)39-31(24(2)3)35(48)40-32(25(4)5)34(47)37-26(20-22-29(42)43)33(46)38-27(36(49)50)21-23-30(44)45/h24-27,31-32H,6-23H2,1-5H3,(H,37,47)(H,38,46)(H,39,41)(H,40,48)(H,42,43)(H,44,45)(H,49,50)/t26-,27-,31-,32-/m0/s1. The Morgan fingerprint density at radius 3 is 1.26 bits per heavy atom. The average molecular weight is 713 g/mol. The molecular weight excluding hydrogens is 648 g/mol. The quantitative estimate of drug-likeness (QED) is 0.0515. The second-order valence-electron chi connectivity index (χ2n) is 13.8. The third kappa shape index (κ3) is 22.1. The normalized spacial score (nSPS) is 13.6. The Bertz CT molecular complexity index is 1070. The highest BCUT2D eigenvalue weighted by molar-refractivity contribution is 5.95. The molecule has 4 atom stereocenters. The maximum absolute atomic E-state index is 13.3. The number of nitrogens with one attached hydrogen (secondary N) is 4. The molecule has 0 saturated carbocycles. The summed E-state index contributed by atoms with van der Waals surface area (Å²) in [6.07, 6.45) is 13.8. The van der Waals surface area contributed by atoms with Crippen molar-refractivity contribution in [1.82, 2.24) is 21.3 Å². The minimum atomic E-state index is -1.58. The van der Waals surface area contributed by atoms with Crippen LogP contribution in [0.1, 0.15) is 150 Å². The number of amides is 4. The van der Waals surface area contributed by atoms with E-state index in [-0.39, 0.29) is 24.7 Å². The molecule has 0 aromatic carbocycles. The number of carboxylic acids is 3. The van der Waals surface area contributed by atoms with Crippen LogP contribution in [-0.4, -0.2) is 81.0 Å². The lowest BCUT2D eigenvalue weighted by Gasteiger charge is -2.28. The second-order valence-corrected chi connectivity index (χ2v) is 13.8. The Morgan fingerprint density at radius 1 is 0.460 bits per heavy atom. The summed E-state index contributed by atoms with van der Waals surface area (Å²) in [6.45, 7) is 9.05. The molecule has 0 aliphatic carbocycles. The summed E-state index contributed by atoms with van der Waals surface area (Å²) in [6, 6.07) is -5.18. The molecule has 0 spiro atoms. The van der Waals surface area contributed by atoms with Crippen molar-refractivity contribution in [3.05, 3.63) is 0 Å². The van der Waals surface area contributed by atoms with Gasteiger partial charge in [-0.05, 0) is 31.1 Å². The van der Waals surface area contributed by atoms with Crippen molar-refractivity contribution < 1.29 is 48.9 Å². The second kappa shape index (κ2) is 27.1. The Labute approximate surface area is 297 Å². The molecule has 0 rings (SSSR count). The summed E-state index contributed by atoms with van der Waals surface area (Å²) >= 11 is 0. The van der Waals surface area contributed by atoms with Gasteiger partial charge in [0.05, 0.1) is 0 Å². The molecule has 0 aromatic heterocycles. The number of carboxylic acid groups (broad SMARTS) is 3. The summed E-state index contributed by atoms with van der Waals surface area (Å²) in [7, 11) is 0. The van der Waals surface area contributed by atoms with Gasteiger partial charge in [0.15, 0.2) is 0 Å². The summed E-state index contributed by atoms with van der Waals surface area (Å²) in [5.41, 5.74) is 0. The molecule has 0 saturated heterocycles. The Balaban J connectivity index is 5.09. The van der Waals surface area contributed by atoms with Gasteiger partial charge in [-0.1, -0.05) is 112 Å². The van der Waals surface area contributed by atoms with Gasteiger partial charge in [-0.15, -0.1) is 0 Å². The van der Waals surface area contributed by atoms with Gasteiger partial charge in [0.2, 0.25) is 23.6 Å². The Hall–Kier alpha value is -3.71. The van der Waals surface area contributed by atoms with E-state index in [1.54, 1.807) is 27.7 Å². The number of hydrogen-bond donors (Lipinski definition) is 7. The third-order valence-corrected chi connectivity index (χ3v) is 8.56. The van der Waals surface area contributed by atoms with Crippen LogP contribution in [0, 0.1) is 11.8 Å². The first-order valence-electron chi connectivity index (χ1n) is 18.5. The third-order valence-electron chi connectivity index (χ3n) is 8.56. The van der Waals surface area contributed by atoms with E-state index in [1.807, 2.05) is 0 Å². The van der Waals surface area contributed by atoms with Crippen LogP contribution in [0.4, 0.5) is 0 Å². The zero-order valence-electron chi connectivity index (χ0n) is 30.9. The smallest absolute Gasteiger partial charge is 0.326 e. The predicted molar refractivity (Wildman–Crippen MR) is 189 cm³/mol. The van der Waals surface area contributed by atoms with Crippen LogP contribution in [0.3, 0.4) is 0 Å². The van der Waals surface area contributed by atoms with E-state index >= 15 is 0 Å². The first kappa shape index (κ1) is 46.3. The molecule has 50 heavy (non-hydrogen) atoms. The first-order valence-corrected chi connectivity index (χ1v) is 18.5. The molecule has 0 aliphatic heterocycles. The van der Waals surface area contributed by atoms with Crippen molar-refractivity contribution in [1.29, 1.82) is 0 Å². The predicted octanol–water partition coefficient (Wildman–Crippen LogP) is 4.53. The van der Waals surface area contributed by atoms with Crippen molar-refractivity contribution in [2.24, 2.45) is 11.8 Å². The molecule has 0 fully saturated rings. The molecule has 0 bridgehead atoms. The molecule has 288 valence electrons. The Kier molecular flexibility index (Phi) is 25.1. The lowest BCUT2D eigenvalue weighted by Crippen LogP contribution is -2.59. The highest BCUT2D eigenvalue weighted by Crippen LogP contribution is 2.14. The van der Waals surface area contributed by atoms with Crippen molar-refractivity contribution >= 4 is 41.5 Å². The lowest BCUT2D eigenvalue weighted by atomic mass is 9.98. The number of rotatable bonds is 30. The first-order chi connectivity index (χ1) is 23.6. The van der Waals surface area contributed by atoms with E-state index in [2.05, 4.69) is 28.2 Å². The van der Waals surface area contributed by atoms with Gasteiger partial charge in [-0.25, -0.2) is 4.79 Å². The van der Waals surface area contributed by atoms with Crippen LogP contribution in [0.5, 0.6) is 0 Å². The van der Waals surface area contributed by atoms with E-state index in [0.717, 1.165) is 19.3 Å². The van der Waals surface area contributed by atoms with Gasteiger partial charge in [0, 0.05) is 19.3 Å². The zero-order valence-corrected chi connectivity index (χ0v) is 30.9. The molecule has 14 nitrogen and oxygen atoms in total. The minimum absolute atomic E-state index is 0.270. The van der Waals surface area contributed by atoms with Gasteiger partial charge in [-0.3, -0.25) is 28.8 Å². The van der Waals surface area contributed by atoms with Gasteiger partial charge in [0.25, 0.3) is 0 Å². The molecule has 0 radical (unpaired) electrons. The maximum Gasteiger partial charge on any atom is 0.326 e. The summed E-state index contributed by atoms with van der Waals surface area (Å²) in [5.74, 6) is -7.51. The van der Waals surface area contributed by atoms with Crippen molar-refractivity contribution in [3.8, 4) is 0 Å². The molecule has 0 unspecified atom stereocenters. The van der Waals surface area contributed by atoms with Crippen LogP contribution < -0.4 is 21.3 Å². The molecule has 14 heteroatoms. The van der Waals surface area contributed by atoms with Crippen LogP contribution in [0.2, 0.25) is 0 Å². The summed E-state index contributed by atoms with van der Waals surface area (Å²) < 4.78 is 0. The monoisotopic (exact) mass is 712 g/mol. The topological polar surface area (TPSA) is 228 Å². The summed E-state index contributed by atoms with van der Waals surface area (Å²) in [5, 5.41) is 37.5. The van der Waals surface area contributed by atoms with Gasteiger partial charge in [0.1, 0.15) is 24.2 Å². The van der Waals surface area contributed by atoms with Crippen LogP contribution in [0.25, 0.3) is 0 Å². The molecular formula is C36H64N4O10. The molecule has 0 heterocycles. The van der Waals surface area contributed by atoms with Crippen molar-refractivity contribution in [2.45, 2.75) is 174 Å². The van der Waals surface area contributed by atoms with Crippen LogP contribution in [0.15, 0.2) is 0 Å². The highest BCUT2D eigenvalue weighted by Gasteiger charge is 2.33. The Morgan fingerprint density at radius 2 is 0.840 bits per heavy atom. The molecule has 4 amide bonds. The van der Waals surface area contributed by atoms with E-state index < -0.39 is 85.0 Å². The minimum Gasteiger partial charge on any atom is -0.481 e. The van der Waals surface area contributed by atoms with Crippen LogP contribution >= 0.6 is 0 Å². The number of hydrogen-bond acceptors (Lipinski definition) is 7. The fraction of sp³-hybridized carbons (Fsp3) is 0.806. The fourth-order valence-electron chi connectivity index (χ4n) is 5.46. The number of carbonyl (C=O) groups is 7. The average Bonchev–Trinajstić information content (AvgIpc) is 3.03. The van der Waals surface area contributed by atoms with Gasteiger partial charge < -0.3 is 36.6 Å². The number of unbranched alkanes of at least 4 members (excludes halogenated alkanes) is 12. The fourth-order valence-corrected chi connectivity index (χ4v) is 5.46. The van der Waals surface area contributed by atoms with E-state index in [9.17, 15) is 38.7 Å². The maximum atomic E-state index is 13.3. The van der Waals surface area contributed by atoms with Crippen molar-refractivity contribution in [3.63, 3.8) is 0 Å². The van der Waals surface area contributed by atoms with E-state index in [4.69, 9.17) is 10.2 Å². The van der Waals surface area contributed by atoms with Crippen molar-refractivity contribution in [2.75, 3.05) is 0 Å². The number of carbonyl (C=O) groups excluding carboxylic acids is 4. The molecule has 0 aliphatic rings. The van der Waals surface area contributed by atoms with Gasteiger partial charge >= 0.3 is 17.9 Å². The SMILES string of the molecule is CCCCCCCCCCCCCCCC(=O)N[C@H](C(=O)N[C@H](C(=O)N[C@@H](CCC(=O)O)C(=O)N[C@@H](CCC(=O)O)C(=O)O)C(C)C)C(C)C. The van der Waals surface area contributed by atoms with E-state index in [1.165, 1.54) is 57.8 Å². The number of aliphatic carboxylic acids is 3. The van der Waals surface area contributed by atoms with Crippen LogP contribution in [-0.2, 0) is 33.6 Å².